The Labute approximate surface area is 138 Å². The summed E-state index contributed by atoms with van der Waals surface area (Å²) in [6.07, 6.45) is 0.602. The van der Waals surface area contributed by atoms with E-state index < -0.39 is 12.2 Å². The monoisotopic (exact) mass is 342 g/mol. The number of halogens is 2. The molecule has 0 bridgehead atoms. The number of hydrogen-bond acceptors (Lipinski definition) is 4. The maximum absolute atomic E-state index is 12.6. The van der Waals surface area contributed by atoms with Gasteiger partial charge in [-0.1, -0.05) is 12.1 Å². The first-order valence-electron chi connectivity index (χ1n) is 7.83. The predicted molar refractivity (Wildman–Crippen MR) is 82.4 cm³/mol. The summed E-state index contributed by atoms with van der Waals surface area (Å²) in [7, 11) is 0. The van der Waals surface area contributed by atoms with Crippen LogP contribution in [0.25, 0.3) is 0 Å². The van der Waals surface area contributed by atoms with Gasteiger partial charge < -0.3 is 24.4 Å². The zero-order chi connectivity index (χ0) is 17.2. The van der Waals surface area contributed by atoms with E-state index in [2.05, 4.69) is 10.1 Å². The van der Waals surface area contributed by atoms with E-state index in [1.165, 1.54) is 12.1 Å². The molecule has 24 heavy (non-hydrogen) atoms. The predicted octanol–water partition coefficient (Wildman–Crippen LogP) is 2.70. The van der Waals surface area contributed by atoms with Crippen LogP contribution in [-0.2, 0) is 9.47 Å². The molecule has 2 atom stereocenters. The minimum atomic E-state index is -2.95. The number of para-hydroxylation sites is 2. The molecule has 2 amide bonds. The fourth-order valence-electron chi connectivity index (χ4n) is 3.15. The summed E-state index contributed by atoms with van der Waals surface area (Å²) in [6, 6.07) is 5.74. The van der Waals surface area contributed by atoms with Crippen LogP contribution in [0.5, 0.6) is 5.75 Å². The topological polar surface area (TPSA) is 60.0 Å². The number of ether oxygens (including phenoxy) is 3. The Balaban J connectivity index is 1.70. The molecule has 0 aromatic heterocycles. The van der Waals surface area contributed by atoms with Crippen LogP contribution < -0.4 is 10.1 Å². The van der Waals surface area contributed by atoms with Gasteiger partial charge in [-0.3, -0.25) is 0 Å². The number of benzene rings is 1. The van der Waals surface area contributed by atoms with Gasteiger partial charge >= 0.3 is 12.6 Å². The molecule has 6 nitrogen and oxygen atoms in total. The fraction of sp³-hybridized carbons (Fsp3) is 0.562. The van der Waals surface area contributed by atoms with Gasteiger partial charge in [-0.2, -0.15) is 8.78 Å². The van der Waals surface area contributed by atoms with Crippen molar-refractivity contribution in [2.24, 2.45) is 0 Å². The highest BCUT2D eigenvalue weighted by molar-refractivity contribution is 5.91. The second kappa shape index (κ2) is 6.90. The van der Waals surface area contributed by atoms with Crippen LogP contribution in [0.4, 0.5) is 19.3 Å². The molecule has 2 aliphatic heterocycles. The third-order valence-electron chi connectivity index (χ3n) is 4.11. The van der Waals surface area contributed by atoms with E-state index in [9.17, 15) is 13.6 Å². The average Bonchev–Trinajstić information content (AvgIpc) is 2.95. The van der Waals surface area contributed by atoms with Crippen molar-refractivity contribution in [1.29, 1.82) is 0 Å². The number of morpholine rings is 1. The lowest BCUT2D eigenvalue weighted by Gasteiger charge is -2.42. The van der Waals surface area contributed by atoms with Gasteiger partial charge in [-0.15, -0.1) is 0 Å². The molecule has 0 aliphatic carbocycles. The number of hydrogen-bond donors (Lipinski definition) is 1. The molecule has 8 heteroatoms. The Kier molecular flexibility index (Phi) is 4.86. The number of urea groups is 1. The normalized spacial score (nSPS) is 26.8. The van der Waals surface area contributed by atoms with Gasteiger partial charge in [0.05, 0.1) is 24.9 Å². The van der Waals surface area contributed by atoms with E-state index in [4.69, 9.17) is 9.47 Å². The number of anilines is 1. The maximum Gasteiger partial charge on any atom is 0.387 e. The Bertz CT molecular complexity index is 593. The van der Waals surface area contributed by atoms with Crippen molar-refractivity contribution in [2.75, 3.05) is 31.6 Å². The van der Waals surface area contributed by atoms with Crippen molar-refractivity contribution in [2.45, 2.75) is 31.7 Å². The lowest BCUT2D eigenvalue weighted by molar-refractivity contribution is -0.136. The zero-order valence-corrected chi connectivity index (χ0v) is 13.3. The molecular weight excluding hydrogens is 322 g/mol. The minimum absolute atomic E-state index is 0.0685. The molecule has 1 N–H and O–H groups in total. The second-order valence-corrected chi connectivity index (χ2v) is 6.10. The third kappa shape index (κ3) is 3.76. The molecule has 1 spiro atoms. The first-order chi connectivity index (χ1) is 11.5. The molecule has 1 aromatic carbocycles. The average molecular weight is 342 g/mol. The van der Waals surface area contributed by atoms with Crippen molar-refractivity contribution >= 4 is 11.7 Å². The second-order valence-electron chi connectivity index (χ2n) is 6.10. The zero-order valence-electron chi connectivity index (χ0n) is 13.3. The van der Waals surface area contributed by atoms with Crippen LogP contribution >= 0.6 is 0 Å². The summed E-state index contributed by atoms with van der Waals surface area (Å²) < 4.78 is 40.8. The molecule has 1 aromatic rings. The van der Waals surface area contributed by atoms with E-state index in [1.807, 2.05) is 6.92 Å². The summed E-state index contributed by atoms with van der Waals surface area (Å²) in [6.45, 7) is 0.824. The largest absolute Gasteiger partial charge is 0.433 e. The lowest BCUT2D eigenvalue weighted by atomic mass is 9.99. The number of nitrogens with one attached hydrogen (secondary N) is 1. The van der Waals surface area contributed by atoms with E-state index in [1.54, 1.807) is 17.0 Å². The van der Waals surface area contributed by atoms with Crippen molar-refractivity contribution in [1.82, 2.24) is 4.90 Å². The molecule has 2 saturated heterocycles. The molecular formula is C16H20F2N2O4. The highest BCUT2D eigenvalue weighted by Crippen LogP contribution is 2.31. The Morgan fingerprint density at radius 1 is 1.46 bits per heavy atom. The summed E-state index contributed by atoms with van der Waals surface area (Å²) in [4.78, 5) is 14.2. The Morgan fingerprint density at radius 3 is 2.96 bits per heavy atom. The van der Waals surface area contributed by atoms with E-state index in [-0.39, 0.29) is 23.6 Å². The van der Waals surface area contributed by atoms with Gasteiger partial charge in [0.1, 0.15) is 11.4 Å². The van der Waals surface area contributed by atoms with Crippen molar-refractivity contribution < 1.29 is 27.8 Å². The van der Waals surface area contributed by atoms with E-state index >= 15 is 0 Å². The molecule has 0 saturated carbocycles. The van der Waals surface area contributed by atoms with Gasteiger partial charge in [0.15, 0.2) is 0 Å². The standard InChI is InChI=1S/C16H20F2N2O4/c1-11-8-20(9-16(24-11)6-7-22-10-16)15(21)19-12-4-2-3-5-13(12)23-14(17)18/h2-5,11,14H,6-10H2,1H3,(H,19,21)/t11-,16+/m1/s1. The number of nitrogens with zero attached hydrogens (tertiary/aromatic N) is 1. The molecule has 132 valence electrons. The Morgan fingerprint density at radius 2 is 2.25 bits per heavy atom. The number of amides is 2. The van der Waals surface area contributed by atoms with Crippen LogP contribution in [0, 0.1) is 0 Å². The molecule has 0 radical (unpaired) electrons. The highest BCUT2D eigenvalue weighted by Gasteiger charge is 2.44. The van der Waals surface area contributed by atoms with E-state index in [0.29, 0.717) is 26.3 Å². The quantitative estimate of drug-likeness (QED) is 0.918. The van der Waals surface area contributed by atoms with Gasteiger partial charge in [0.2, 0.25) is 0 Å². The number of alkyl halides is 2. The summed E-state index contributed by atoms with van der Waals surface area (Å²) >= 11 is 0. The molecule has 2 heterocycles. The van der Waals surface area contributed by atoms with Crippen LogP contribution in [0.1, 0.15) is 13.3 Å². The number of carbonyl (C=O) groups excluding carboxylic acids is 1. The van der Waals surface area contributed by atoms with Gasteiger partial charge in [-0.25, -0.2) is 4.79 Å². The summed E-state index contributed by atoms with van der Waals surface area (Å²) in [5.74, 6) is -0.0685. The fourth-order valence-corrected chi connectivity index (χ4v) is 3.15. The van der Waals surface area contributed by atoms with Crippen molar-refractivity contribution in [3.8, 4) is 5.75 Å². The van der Waals surface area contributed by atoms with Gasteiger partial charge in [-0.05, 0) is 19.1 Å². The molecule has 2 aliphatic rings. The van der Waals surface area contributed by atoms with Crippen molar-refractivity contribution in [3.05, 3.63) is 24.3 Å². The lowest BCUT2D eigenvalue weighted by Crippen LogP contribution is -2.57. The number of rotatable bonds is 3. The first kappa shape index (κ1) is 16.9. The molecule has 0 unspecified atom stereocenters. The first-order valence-corrected chi connectivity index (χ1v) is 7.83. The SMILES string of the molecule is C[C@@H]1CN(C(=O)Nc2ccccc2OC(F)F)C[C@]2(CCOC2)O1. The molecule has 3 rings (SSSR count). The highest BCUT2D eigenvalue weighted by atomic mass is 19.3. The van der Waals surface area contributed by atoms with Gasteiger partial charge in [0, 0.05) is 19.6 Å². The smallest absolute Gasteiger partial charge is 0.387 e. The van der Waals surface area contributed by atoms with Gasteiger partial charge in [0.25, 0.3) is 0 Å². The third-order valence-corrected chi connectivity index (χ3v) is 4.11. The van der Waals surface area contributed by atoms with Crippen LogP contribution in [0.2, 0.25) is 0 Å². The van der Waals surface area contributed by atoms with Crippen LogP contribution in [-0.4, -0.2) is 55.6 Å². The number of carbonyl (C=O) groups is 1. The van der Waals surface area contributed by atoms with Crippen LogP contribution in [0.3, 0.4) is 0 Å². The van der Waals surface area contributed by atoms with Crippen LogP contribution in [0.15, 0.2) is 24.3 Å². The minimum Gasteiger partial charge on any atom is -0.433 e. The summed E-state index contributed by atoms with van der Waals surface area (Å²) in [5, 5.41) is 2.64. The van der Waals surface area contributed by atoms with Crippen molar-refractivity contribution in [3.63, 3.8) is 0 Å². The Hall–Kier alpha value is -1.93. The molecule has 2 fully saturated rings. The van der Waals surface area contributed by atoms with E-state index in [0.717, 1.165) is 6.42 Å². The maximum atomic E-state index is 12.6. The summed E-state index contributed by atoms with van der Waals surface area (Å²) in [5.41, 5.74) is -0.271.